The first kappa shape index (κ1) is 21.8. The van der Waals surface area contributed by atoms with Gasteiger partial charge in [0.05, 0.1) is 5.69 Å². The zero-order chi connectivity index (χ0) is 20.9. The quantitative estimate of drug-likeness (QED) is 0.786. The number of likely N-dealkylation sites (N-methyl/N-ethyl adjacent to an activating group) is 1. The second-order valence-electron chi connectivity index (χ2n) is 7.32. The third-order valence-corrected chi connectivity index (χ3v) is 5.02. The first-order chi connectivity index (χ1) is 13.2. The Hall–Kier alpha value is -2.48. The minimum absolute atomic E-state index is 0.204. The second-order valence-corrected chi connectivity index (χ2v) is 8.29. The number of hydrogen-bond donors (Lipinski definition) is 1. The summed E-state index contributed by atoms with van der Waals surface area (Å²) in [5.41, 5.74) is 1.14. The van der Waals surface area contributed by atoms with Crippen molar-refractivity contribution in [1.29, 1.82) is 0 Å². The van der Waals surface area contributed by atoms with Crippen molar-refractivity contribution in [2.75, 3.05) is 11.4 Å². The van der Waals surface area contributed by atoms with Crippen LogP contribution in [0.1, 0.15) is 47.2 Å². The van der Waals surface area contributed by atoms with Crippen molar-refractivity contribution in [3.63, 3.8) is 0 Å². The Balaban J connectivity index is 2.23. The number of aryl methyl sites for hydroxylation is 1. The van der Waals surface area contributed by atoms with Gasteiger partial charge in [0, 0.05) is 24.5 Å². The minimum atomic E-state index is -0.719. The second kappa shape index (κ2) is 9.14. The lowest BCUT2D eigenvalue weighted by Gasteiger charge is -2.26. The van der Waals surface area contributed by atoms with E-state index in [1.807, 2.05) is 26.0 Å². The molecule has 1 atom stereocenters. The predicted molar refractivity (Wildman–Crippen MR) is 112 cm³/mol. The molecule has 0 bridgehead atoms. The highest BCUT2D eigenvalue weighted by Gasteiger charge is 2.28. The van der Waals surface area contributed by atoms with Gasteiger partial charge in [-0.2, -0.15) is 0 Å². The van der Waals surface area contributed by atoms with Crippen molar-refractivity contribution in [2.24, 2.45) is 0 Å². The van der Waals surface area contributed by atoms with E-state index in [0.29, 0.717) is 13.0 Å². The Kier molecular flexibility index (Phi) is 7.12. The van der Waals surface area contributed by atoms with Crippen LogP contribution in [-0.4, -0.2) is 40.2 Å². The van der Waals surface area contributed by atoms with Crippen LogP contribution >= 0.6 is 11.3 Å². The van der Waals surface area contributed by atoms with Gasteiger partial charge in [-0.05, 0) is 53.2 Å². The smallest absolute Gasteiger partial charge is 0.408 e. The summed E-state index contributed by atoms with van der Waals surface area (Å²) in [4.78, 5) is 35.5. The molecular weight excluding hydrogens is 376 g/mol. The molecule has 0 saturated heterocycles. The maximum atomic E-state index is 13.0. The number of thiazole rings is 1. The summed E-state index contributed by atoms with van der Waals surface area (Å²) in [6.45, 7) is 11.4. The number of rotatable bonds is 6. The molecule has 0 aliphatic rings. The van der Waals surface area contributed by atoms with Gasteiger partial charge in [-0.3, -0.25) is 9.78 Å². The molecule has 2 heterocycles. The fraction of sp³-hybridized carbons (Fsp3) is 0.500. The van der Waals surface area contributed by atoms with E-state index in [9.17, 15) is 9.59 Å². The topological polar surface area (TPSA) is 84.4 Å². The number of aromatic nitrogens is 2. The fourth-order valence-electron chi connectivity index (χ4n) is 2.58. The van der Waals surface area contributed by atoms with E-state index in [1.165, 1.54) is 11.3 Å². The van der Waals surface area contributed by atoms with Gasteiger partial charge in [0.1, 0.15) is 21.7 Å². The van der Waals surface area contributed by atoms with Crippen molar-refractivity contribution in [1.82, 2.24) is 15.3 Å². The molecule has 0 radical (unpaired) electrons. The molecule has 8 heteroatoms. The van der Waals surface area contributed by atoms with Crippen LogP contribution in [0.15, 0.2) is 24.5 Å². The van der Waals surface area contributed by atoms with Gasteiger partial charge in [-0.1, -0.05) is 18.3 Å². The summed E-state index contributed by atoms with van der Waals surface area (Å²) >= 11 is 1.45. The summed E-state index contributed by atoms with van der Waals surface area (Å²) in [5, 5.41) is 4.23. The van der Waals surface area contributed by atoms with Crippen LogP contribution < -0.4 is 10.2 Å². The molecule has 0 aliphatic heterocycles. The highest BCUT2D eigenvalue weighted by molar-refractivity contribution is 7.19. The van der Waals surface area contributed by atoms with Crippen molar-refractivity contribution in [2.45, 2.75) is 59.6 Å². The Morgan fingerprint density at radius 2 is 2.04 bits per heavy atom. The largest absolute Gasteiger partial charge is 0.444 e. The van der Waals surface area contributed by atoms with Crippen molar-refractivity contribution in [3.8, 4) is 10.6 Å². The molecule has 0 fully saturated rings. The molecule has 2 amide bonds. The molecule has 7 nitrogen and oxygen atoms in total. The zero-order valence-corrected chi connectivity index (χ0v) is 18.1. The highest BCUT2D eigenvalue weighted by Crippen LogP contribution is 2.35. The molecule has 0 aromatic carbocycles. The van der Waals surface area contributed by atoms with Gasteiger partial charge < -0.3 is 15.0 Å². The number of anilines is 1. The van der Waals surface area contributed by atoms with E-state index < -0.39 is 17.7 Å². The third kappa shape index (κ3) is 5.51. The summed E-state index contributed by atoms with van der Waals surface area (Å²) in [6.07, 6.45) is 3.56. The molecule has 0 aliphatic carbocycles. The van der Waals surface area contributed by atoms with Crippen LogP contribution in [-0.2, 0) is 16.0 Å². The van der Waals surface area contributed by atoms with E-state index in [-0.39, 0.29) is 5.91 Å². The number of nitrogens with one attached hydrogen (secondary N) is 1. The molecule has 2 aromatic heterocycles. The van der Waals surface area contributed by atoms with Crippen LogP contribution in [0, 0.1) is 0 Å². The van der Waals surface area contributed by atoms with E-state index >= 15 is 0 Å². The number of nitrogens with zero attached hydrogens (tertiary/aromatic N) is 3. The van der Waals surface area contributed by atoms with E-state index in [1.54, 1.807) is 45.0 Å². The van der Waals surface area contributed by atoms with Gasteiger partial charge >= 0.3 is 6.09 Å². The lowest BCUT2D eigenvalue weighted by atomic mass is 10.2. The SMILES string of the molecule is CCc1nc(-c2cccnc2)sc1N(CC)C(=O)C(C)NC(=O)OC(C)(C)C. The van der Waals surface area contributed by atoms with Crippen molar-refractivity contribution in [3.05, 3.63) is 30.2 Å². The van der Waals surface area contributed by atoms with E-state index in [4.69, 9.17) is 9.72 Å². The lowest BCUT2D eigenvalue weighted by molar-refractivity contribution is -0.120. The average Bonchev–Trinajstić information content (AvgIpc) is 3.05. The first-order valence-electron chi connectivity index (χ1n) is 9.37. The maximum absolute atomic E-state index is 13.0. The zero-order valence-electron chi connectivity index (χ0n) is 17.3. The number of carbonyl (C=O) groups excluding carboxylic acids is 2. The Morgan fingerprint density at radius 1 is 1.32 bits per heavy atom. The average molecular weight is 405 g/mol. The molecule has 1 N–H and O–H groups in total. The molecule has 152 valence electrons. The number of ether oxygens (including phenoxy) is 1. The molecule has 1 unspecified atom stereocenters. The summed E-state index contributed by atoms with van der Waals surface area (Å²) < 4.78 is 5.25. The normalized spacial score (nSPS) is 12.4. The maximum Gasteiger partial charge on any atom is 0.408 e. The van der Waals surface area contributed by atoms with Crippen LogP contribution in [0.4, 0.5) is 9.80 Å². The third-order valence-electron chi connectivity index (χ3n) is 3.85. The Bertz CT molecular complexity index is 815. The van der Waals surface area contributed by atoms with E-state index in [2.05, 4.69) is 10.3 Å². The molecule has 2 aromatic rings. The monoisotopic (exact) mass is 404 g/mol. The van der Waals surface area contributed by atoms with Gasteiger partial charge in [0.2, 0.25) is 5.91 Å². The van der Waals surface area contributed by atoms with Gasteiger partial charge in [-0.15, -0.1) is 0 Å². The molecular formula is C20H28N4O3S. The van der Waals surface area contributed by atoms with Crippen LogP contribution in [0.5, 0.6) is 0 Å². The predicted octanol–water partition coefficient (Wildman–Crippen LogP) is 4.03. The number of amides is 2. The van der Waals surface area contributed by atoms with Gasteiger partial charge in [0.25, 0.3) is 0 Å². The molecule has 2 rings (SSSR count). The lowest BCUT2D eigenvalue weighted by Crippen LogP contribution is -2.48. The number of carbonyl (C=O) groups is 2. The van der Waals surface area contributed by atoms with Gasteiger partial charge in [0.15, 0.2) is 0 Å². The number of alkyl carbamates (subject to hydrolysis) is 1. The standard InChI is InChI=1S/C20H28N4O3S/c1-7-15-18(28-16(23-15)14-10-9-11-21-12-14)24(8-2)17(25)13(3)22-19(26)27-20(4,5)6/h9-13H,7-8H2,1-6H3,(H,22,26). The minimum Gasteiger partial charge on any atom is -0.444 e. The van der Waals surface area contributed by atoms with Gasteiger partial charge in [-0.25, -0.2) is 9.78 Å². The molecule has 0 spiro atoms. The summed E-state index contributed by atoms with van der Waals surface area (Å²) in [7, 11) is 0. The van der Waals surface area contributed by atoms with Crippen molar-refractivity contribution >= 4 is 28.3 Å². The number of pyridine rings is 1. The first-order valence-corrected chi connectivity index (χ1v) is 10.2. The Morgan fingerprint density at radius 3 is 2.57 bits per heavy atom. The fourth-order valence-corrected chi connectivity index (χ4v) is 3.79. The van der Waals surface area contributed by atoms with E-state index in [0.717, 1.165) is 21.3 Å². The number of hydrogen-bond acceptors (Lipinski definition) is 6. The summed E-state index contributed by atoms with van der Waals surface area (Å²) in [5.74, 6) is -0.204. The summed E-state index contributed by atoms with van der Waals surface area (Å²) in [6, 6.07) is 3.08. The Labute approximate surface area is 170 Å². The highest BCUT2D eigenvalue weighted by atomic mass is 32.1. The van der Waals surface area contributed by atoms with Crippen LogP contribution in [0.3, 0.4) is 0 Å². The molecule has 0 saturated carbocycles. The van der Waals surface area contributed by atoms with Crippen LogP contribution in [0.25, 0.3) is 10.6 Å². The molecule has 28 heavy (non-hydrogen) atoms. The van der Waals surface area contributed by atoms with Crippen molar-refractivity contribution < 1.29 is 14.3 Å². The van der Waals surface area contributed by atoms with Crippen LogP contribution in [0.2, 0.25) is 0 Å².